The van der Waals surface area contributed by atoms with Gasteiger partial charge in [0.25, 0.3) is 0 Å². The molecule has 0 unspecified atom stereocenters. The molecule has 0 aliphatic heterocycles. The molecule has 92 valence electrons. The van der Waals surface area contributed by atoms with Gasteiger partial charge < -0.3 is 5.21 Å². The minimum absolute atomic E-state index is 0.657. The molecule has 0 bridgehead atoms. The van der Waals surface area contributed by atoms with E-state index in [1.807, 2.05) is 54.6 Å². The summed E-state index contributed by atoms with van der Waals surface area (Å²) in [6.07, 6.45) is 1.41. The molecular weight excluding hydrogens is 246 g/mol. The number of oxime groups is 1. The van der Waals surface area contributed by atoms with Crippen molar-refractivity contribution in [2.24, 2.45) is 5.16 Å². The van der Waals surface area contributed by atoms with Crippen LogP contribution in [0.25, 0.3) is 0 Å². The number of halogens is 1. The van der Waals surface area contributed by atoms with Crippen molar-refractivity contribution in [3.63, 3.8) is 0 Å². The van der Waals surface area contributed by atoms with E-state index in [1.165, 1.54) is 0 Å². The highest BCUT2D eigenvalue weighted by Gasteiger charge is 2.06. The largest absolute Gasteiger partial charge is 0.411 e. The van der Waals surface area contributed by atoms with E-state index in [1.54, 1.807) is 0 Å². The molecular formula is C15H14ClNO. The van der Waals surface area contributed by atoms with Gasteiger partial charge in [0.15, 0.2) is 0 Å². The molecule has 3 heteroatoms. The molecule has 2 nitrogen and oxygen atoms in total. The minimum Gasteiger partial charge on any atom is -0.411 e. The van der Waals surface area contributed by atoms with Crippen molar-refractivity contribution >= 4 is 17.3 Å². The molecule has 2 rings (SSSR count). The molecule has 2 aromatic carbocycles. The maximum atomic E-state index is 9.08. The summed E-state index contributed by atoms with van der Waals surface area (Å²) in [5.74, 6) is 0. The maximum Gasteiger partial charge on any atom is 0.0871 e. The van der Waals surface area contributed by atoms with Gasteiger partial charge in [0.2, 0.25) is 0 Å². The molecule has 0 atom stereocenters. The fraction of sp³-hybridized carbons (Fsp3) is 0.133. The van der Waals surface area contributed by atoms with Crippen LogP contribution < -0.4 is 0 Å². The van der Waals surface area contributed by atoms with Gasteiger partial charge in [-0.3, -0.25) is 0 Å². The molecule has 0 spiro atoms. The van der Waals surface area contributed by atoms with Crippen LogP contribution >= 0.6 is 11.6 Å². The highest BCUT2D eigenvalue weighted by atomic mass is 35.5. The van der Waals surface area contributed by atoms with Gasteiger partial charge in [-0.25, -0.2) is 0 Å². The van der Waals surface area contributed by atoms with E-state index in [0.717, 1.165) is 22.6 Å². The highest BCUT2D eigenvalue weighted by molar-refractivity contribution is 6.31. The number of aryl methyl sites for hydroxylation is 1. The Labute approximate surface area is 112 Å². The minimum atomic E-state index is 0.657. The monoisotopic (exact) mass is 259 g/mol. The summed E-state index contributed by atoms with van der Waals surface area (Å²) in [6, 6.07) is 17.4. The Bertz CT molecular complexity index is 537. The van der Waals surface area contributed by atoms with Gasteiger partial charge in [0, 0.05) is 5.02 Å². The lowest BCUT2D eigenvalue weighted by molar-refractivity contribution is 0.318. The average molecular weight is 260 g/mol. The zero-order valence-electron chi connectivity index (χ0n) is 9.88. The molecule has 0 radical (unpaired) electrons. The normalized spacial score (nSPS) is 11.5. The summed E-state index contributed by atoms with van der Waals surface area (Å²) in [5.41, 5.74) is 2.68. The third-order valence-corrected chi connectivity index (χ3v) is 3.19. The predicted octanol–water partition coefficient (Wildman–Crippen LogP) is 4.15. The van der Waals surface area contributed by atoms with Crippen LogP contribution in [0.1, 0.15) is 17.5 Å². The standard InChI is InChI=1S/C15H14ClNO/c16-14-9-5-4-6-12(14)10-11-15(17-18)13-7-2-1-3-8-13/h1-9,18H,10-11H2. The van der Waals surface area contributed by atoms with E-state index in [2.05, 4.69) is 5.16 Å². The van der Waals surface area contributed by atoms with Crippen molar-refractivity contribution < 1.29 is 5.21 Å². The molecule has 0 amide bonds. The maximum absolute atomic E-state index is 9.08. The van der Waals surface area contributed by atoms with Gasteiger partial charge in [0.1, 0.15) is 0 Å². The Balaban J connectivity index is 2.08. The Morgan fingerprint density at radius 1 is 1.00 bits per heavy atom. The molecule has 1 N–H and O–H groups in total. The molecule has 0 saturated carbocycles. The van der Waals surface area contributed by atoms with Crippen LogP contribution in [-0.4, -0.2) is 10.9 Å². The average Bonchev–Trinajstić information content (AvgIpc) is 2.42. The molecule has 0 aliphatic rings. The molecule has 0 saturated heterocycles. The summed E-state index contributed by atoms with van der Waals surface area (Å²) in [7, 11) is 0. The fourth-order valence-electron chi connectivity index (χ4n) is 1.84. The van der Waals surface area contributed by atoms with E-state index in [-0.39, 0.29) is 0 Å². The van der Waals surface area contributed by atoms with Crippen LogP contribution in [0.3, 0.4) is 0 Å². The zero-order chi connectivity index (χ0) is 12.8. The van der Waals surface area contributed by atoms with E-state index >= 15 is 0 Å². The SMILES string of the molecule is ON=C(CCc1ccccc1Cl)c1ccccc1. The van der Waals surface area contributed by atoms with E-state index in [0.29, 0.717) is 12.1 Å². The summed E-state index contributed by atoms with van der Waals surface area (Å²) in [4.78, 5) is 0. The number of nitrogens with zero attached hydrogens (tertiary/aromatic N) is 1. The van der Waals surface area contributed by atoms with Crippen molar-refractivity contribution in [1.29, 1.82) is 0 Å². The van der Waals surface area contributed by atoms with Crippen LogP contribution in [0.15, 0.2) is 59.8 Å². The zero-order valence-corrected chi connectivity index (χ0v) is 10.6. The lowest BCUT2D eigenvalue weighted by Crippen LogP contribution is -2.03. The first-order valence-electron chi connectivity index (χ1n) is 5.81. The van der Waals surface area contributed by atoms with Gasteiger partial charge in [-0.2, -0.15) is 0 Å². The molecule has 18 heavy (non-hydrogen) atoms. The second-order valence-corrected chi connectivity index (χ2v) is 4.41. The van der Waals surface area contributed by atoms with Crippen molar-refractivity contribution in [3.05, 3.63) is 70.7 Å². The van der Waals surface area contributed by atoms with Crippen LogP contribution in [0.5, 0.6) is 0 Å². The number of rotatable bonds is 4. The summed E-state index contributed by atoms with van der Waals surface area (Å²) >= 11 is 6.09. The van der Waals surface area contributed by atoms with Gasteiger partial charge in [0.05, 0.1) is 5.71 Å². The Hall–Kier alpha value is -1.80. The van der Waals surface area contributed by atoms with Crippen LogP contribution in [-0.2, 0) is 6.42 Å². The van der Waals surface area contributed by atoms with Crippen molar-refractivity contribution in [1.82, 2.24) is 0 Å². The Kier molecular flexibility index (Phi) is 4.37. The van der Waals surface area contributed by atoms with Crippen molar-refractivity contribution in [2.45, 2.75) is 12.8 Å². The second-order valence-electron chi connectivity index (χ2n) is 4.00. The van der Waals surface area contributed by atoms with Gasteiger partial charge in [-0.15, -0.1) is 0 Å². The van der Waals surface area contributed by atoms with E-state index < -0.39 is 0 Å². The first kappa shape index (κ1) is 12.7. The molecule has 0 fully saturated rings. The summed E-state index contributed by atoms with van der Waals surface area (Å²) in [5, 5.41) is 13.2. The molecule has 0 aromatic heterocycles. The van der Waals surface area contributed by atoms with E-state index in [9.17, 15) is 0 Å². The quantitative estimate of drug-likeness (QED) is 0.499. The number of hydrogen-bond donors (Lipinski definition) is 1. The van der Waals surface area contributed by atoms with Crippen LogP contribution in [0, 0.1) is 0 Å². The third kappa shape index (κ3) is 3.11. The molecule has 0 aliphatic carbocycles. The topological polar surface area (TPSA) is 32.6 Å². The fourth-order valence-corrected chi connectivity index (χ4v) is 2.07. The van der Waals surface area contributed by atoms with Crippen molar-refractivity contribution in [2.75, 3.05) is 0 Å². The first-order valence-corrected chi connectivity index (χ1v) is 6.19. The van der Waals surface area contributed by atoms with Crippen LogP contribution in [0.4, 0.5) is 0 Å². The van der Waals surface area contributed by atoms with Crippen molar-refractivity contribution in [3.8, 4) is 0 Å². The number of benzene rings is 2. The smallest absolute Gasteiger partial charge is 0.0871 e. The molecule has 2 aromatic rings. The molecule has 0 heterocycles. The first-order chi connectivity index (χ1) is 8.81. The van der Waals surface area contributed by atoms with Gasteiger partial charge in [-0.1, -0.05) is 65.3 Å². The van der Waals surface area contributed by atoms with Gasteiger partial charge in [-0.05, 0) is 30.0 Å². The summed E-state index contributed by atoms with van der Waals surface area (Å²) in [6.45, 7) is 0. The van der Waals surface area contributed by atoms with Gasteiger partial charge >= 0.3 is 0 Å². The van der Waals surface area contributed by atoms with E-state index in [4.69, 9.17) is 16.8 Å². The lowest BCUT2D eigenvalue weighted by atomic mass is 10.0. The Morgan fingerprint density at radius 2 is 1.67 bits per heavy atom. The van der Waals surface area contributed by atoms with Crippen LogP contribution in [0.2, 0.25) is 5.02 Å². The Morgan fingerprint density at radius 3 is 2.33 bits per heavy atom. The highest BCUT2D eigenvalue weighted by Crippen LogP contribution is 2.17. The third-order valence-electron chi connectivity index (χ3n) is 2.82. The lowest BCUT2D eigenvalue weighted by Gasteiger charge is -2.06. The second kappa shape index (κ2) is 6.22. The predicted molar refractivity (Wildman–Crippen MR) is 74.5 cm³/mol. The summed E-state index contributed by atoms with van der Waals surface area (Å²) < 4.78 is 0. The number of hydrogen-bond acceptors (Lipinski definition) is 2.